The van der Waals surface area contributed by atoms with E-state index in [1.807, 2.05) is 43.1 Å². The molecular formula is C18H28N2O2. The summed E-state index contributed by atoms with van der Waals surface area (Å²) in [6.07, 6.45) is 3.72. The first-order valence-corrected chi connectivity index (χ1v) is 8.13. The lowest BCUT2D eigenvalue weighted by Crippen LogP contribution is -2.43. The number of phenols is 1. The minimum atomic E-state index is -0.487. The van der Waals surface area contributed by atoms with Gasteiger partial charge in [-0.25, -0.2) is 0 Å². The van der Waals surface area contributed by atoms with Crippen molar-refractivity contribution in [3.05, 3.63) is 29.3 Å². The highest BCUT2D eigenvalue weighted by Gasteiger charge is 2.41. The first-order valence-electron chi connectivity index (χ1n) is 8.13. The van der Waals surface area contributed by atoms with Crippen LogP contribution in [0.5, 0.6) is 5.75 Å². The van der Waals surface area contributed by atoms with E-state index in [-0.39, 0.29) is 5.91 Å². The molecule has 1 saturated heterocycles. The second-order valence-electron chi connectivity index (χ2n) is 6.70. The number of likely N-dealkylation sites (N-methyl/N-ethyl adjacent to an activating group) is 1. The molecule has 1 aliphatic heterocycles. The number of phenolic OH excluding ortho intramolecular Hbond substituents is 1. The molecule has 0 unspecified atom stereocenters. The van der Waals surface area contributed by atoms with Gasteiger partial charge in [0.15, 0.2) is 0 Å². The molecule has 0 radical (unpaired) electrons. The van der Waals surface area contributed by atoms with Crippen LogP contribution in [-0.4, -0.2) is 48.5 Å². The van der Waals surface area contributed by atoms with Gasteiger partial charge in [-0.15, -0.1) is 0 Å². The zero-order valence-electron chi connectivity index (χ0n) is 14.2. The molecule has 4 heteroatoms. The lowest BCUT2D eigenvalue weighted by atomic mass is 9.73. The van der Waals surface area contributed by atoms with Crippen molar-refractivity contribution in [1.29, 1.82) is 0 Å². The summed E-state index contributed by atoms with van der Waals surface area (Å²) in [5.41, 5.74) is 1.36. The monoisotopic (exact) mass is 304 g/mol. The Kier molecular flexibility index (Phi) is 5.12. The number of hydrogen-bond acceptors (Lipinski definition) is 3. The molecule has 2 rings (SSSR count). The predicted molar refractivity (Wildman–Crippen MR) is 89.0 cm³/mol. The fourth-order valence-electron chi connectivity index (χ4n) is 3.49. The molecule has 1 N–H and O–H groups in total. The van der Waals surface area contributed by atoms with Crippen LogP contribution in [0.25, 0.3) is 0 Å². The number of carbonyl (C=O) groups is 1. The molecule has 1 aromatic carbocycles. The van der Waals surface area contributed by atoms with Gasteiger partial charge in [-0.05, 0) is 45.0 Å². The molecular weight excluding hydrogens is 276 g/mol. The van der Waals surface area contributed by atoms with E-state index in [1.54, 1.807) is 6.07 Å². The van der Waals surface area contributed by atoms with Crippen LogP contribution in [0.15, 0.2) is 18.2 Å². The number of nitrogens with zero attached hydrogens (tertiary/aromatic N) is 2. The van der Waals surface area contributed by atoms with E-state index in [0.29, 0.717) is 12.3 Å². The minimum absolute atomic E-state index is 0.187. The zero-order chi connectivity index (χ0) is 16.3. The molecule has 1 aromatic rings. The second-order valence-corrected chi connectivity index (χ2v) is 6.70. The van der Waals surface area contributed by atoms with Gasteiger partial charge in [0, 0.05) is 25.7 Å². The average Bonchev–Trinajstić information content (AvgIpc) is 2.62. The molecule has 22 heavy (non-hydrogen) atoms. The summed E-state index contributed by atoms with van der Waals surface area (Å²) in [6.45, 7) is 3.59. The normalized spacial score (nSPS) is 23.0. The third-order valence-corrected chi connectivity index (χ3v) is 4.83. The van der Waals surface area contributed by atoms with Crippen molar-refractivity contribution in [3.8, 4) is 5.75 Å². The summed E-state index contributed by atoms with van der Waals surface area (Å²) < 4.78 is 0. The summed E-state index contributed by atoms with van der Waals surface area (Å²) >= 11 is 0. The van der Waals surface area contributed by atoms with Crippen molar-refractivity contribution in [3.63, 3.8) is 0 Å². The van der Waals surface area contributed by atoms with Gasteiger partial charge in [-0.1, -0.05) is 25.5 Å². The van der Waals surface area contributed by atoms with Gasteiger partial charge in [0.05, 0.1) is 5.41 Å². The average molecular weight is 304 g/mol. The van der Waals surface area contributed by atoms with Crippen molar-refractivity contribution in [2.45, 2.75) is 44.6 Å². The number of likely N-dealkylation sites (tertiary alicyclic amines) is 1. The molecule has 1 atom stereocenters. The Morgan fingerprint density at radius 1 is 1.32 bits per heavy atom. The van der Waals surface area contributed by atoms with Gasteiger partial charge in [0.2, 0.25) is 5.91 Å². The van der Waals surface area contributed by atoms with Crippen LogP contribution >= 0.6 is 0 Å². The Hall–Kier alpha value is -1.55. The summed E-state index contributed by atoms with van der Waals surface area (Å²) in [7, 11) is 5.84. The molecule has 0 saturated carbocycles. The first kappa shape index (κ1) is 16.8. The quantitative estimate of drug-likeness (QED) is 0.930. The number of amides is 1. The van der Waals surface area contributed by atoms with Crippen LogP contribution in [0, 0.1) is 0 Å². The highest BCUT2D eigenvalue weighted by molar-refractivity contribution is 5.88. The van der Waals surface area contributed by atoms with Gasteiger partial charge < -0.3 is 14.9 Å². The highest BCUT2D eigenvalue weighted by Crippen LogP contribution is 2.39. The summed E-state index contributed by atoms with van der Waals surface area (Å²) in [5.74, 6) is 0.478. The third-order valence-electron chi connectivity index (χ3n) is 4.83. The SMILES string of the molecule is CC[C@@]1(c2ccc(CN(C)C)c(O)c2)CCCCN(C)C1=O. The van der Waals surface area contributed by atoms with Gasteiger partial charge in [0.1, 0.15) is 5.75 Å². The van der Waals surface area contributed by atoms with Crippen LogP contribution in [0.1, 0.15) is 43.7 Å². The van der Waals surface area contributed by atoms with Crippen LogP contribution in [0.2, 0.25) is 0 Å². The van der Waals surface area contributed by atoms with Crippen molar-refractivity contribution < 1.29 is 9.90 Å². The molecule has 1 fully saturated rings. The van der Waals surface area contributed by atoms with E-state index in [2.05, 4.69) is 6.92 Å². The lowest BCUT2D eigenvalue weighted by molar-refractivity contribution is -0.135. The molecule has 1 aliphatic rings. The number of benzene rings is 1. The number of hydrogen-bond donors (Lipinski definition) is 1. The van der Waals surface area contributed by atoms with Crippen molar-refractivity contribution in [1.82, 2.24) is 9.80 Å². The summed E-state index contributed by atoms with van der Waals surface area (Å²) in [5, 5.41) is 10.4. The maximum absolute atomic E-state index is 12.9. The molecule has 0 spiro atoms. The first-order chi connectivity index (χ1) is 10.4. The molecule has 1 amide bonds. The van der Waals surface area contributed by atoms with Gasteiger partial charge in [-0.3, -0.25) is 4.79 Å². The summed E-state index contributed by atoms with van der Waals surface area (Å²) in [6, 6.07) is 5.79. The van der Waals surface area contributed by atoms with Crippen LogP contribution < -0.4 is 0 Å². The van der Waals surface area contributed by atoms with Crippen molar-refractivity contribution in [2.75, 3.05) is 27.7 Å². The molecule has 4 nitrogen and oxygen atoms in total. The second kappa shape index (κ2) is 6.69. The fraction of sp³-hybridized carbons (Fsp3) is 0.611. The van der Waals surface area contributed by atoms with Crippen molar-refractivity contribution >= 4 is 5.91 Å². The fourth-order valence-corrected chi connectivity index (χ4v) is 3.49. The maximum atomic E-state index is 12.9. The van der Waals surface area contributed by atoms with E-state index < -0.39 is 5.41 Å². The molecule has 0 aromatic heterocycles. The van der Waals surface area contributed by atoms with E-state index in [1.165, 1.54) is 0 Å². The van der Waals surface area contributed by atoms with Crippen LogP contribution in [0.3, 0.4) is 0 Å². The zero-order valence-corrected chi connectivity index (χ0v) is 14.2. The number of aromatic hydroxyl groups is 1. The molecule has 1 heterocycles. The van der Waals surface area contributed by atoms with Gasteiger partial charge >= 0.3 is 0 Å². The van der Waals surface area contributed by atoms with Gasteiger partial charge in [-0.2, -0.15) is 0 Å². The Morgan fingerprint density at radius 2 is 2.05 bits per heavy atom. The number of carbonyl (C=O) groups excluding carboxylic acids is 1. The molecule has 122 valence electrons. The highest BCUT2D eigenvalue weighted by atomic mass is 16.3. The van der Waals surface area contributed by atoms with E-state index in [0.717, 1.165) is 43.4 Å². The molecule has 0 aliphatic carbocycles. The van der Waals surface area contributed by atoms with Crippen LogP contribution in [-0.2, 0) is 16.8 Å². The minimum Gasteiger partial charge on any atom is -0.508 e. The molecule has 0 bridgehead atoms. The Morgan fingerprint density at radius 3 is 2.64 bits per heavy atom. The Balaban J connectivity index is 2.42. The van der Waals surface area contributed by atoms with E-state index >= 15 is 0 Å². The standard InChI is InChI=1S/C18H28N2O2/c1-5-18(10-6-7-11-20(4)17(18)22)15-9-8-14(13-19(2)3)16(21)12-15/h8-9,12,21H,5-7,10-11,13H2,1-4H3/t18-/m0/s1. The lowest BCUT2D eigenvalue weighted by Gasteiger charge is -2.33. The Bertz CT molecular complexity index is 542. The van der Waals surface area contributed by atoms with Crippen molar-refractivity contribution in [2.24, 2.45) is 0 Å². The topological polar surface area (TPSA) is 43.8 Å². The smallest absolute Gasteiger partial charge is 0.232 e. The van der Waals surface area contributed by atoms with Crippen LogP contribution in [0.4, 0.5) is 0 Å². The summed E-state index contributed by atoms with van der Waals surface area (Å²) in [4.78, 5) is 16.8. The Labute approximate surface area is 133 Å². The van der Waals surface area contributed by atoms with Gasteiger partial charge in [0.25, 0.3) is 0 Å². The maximum Gasteiger partial charge on any atom is 0.232 e. The van der Waals surface area contributed by atoms with E-state index in [9.17, 15) is 9.90 Å². The van der Waals surface area contributed by atoms with E-state index in [4.69, 9.17) is 0 Å². The largest absolute Gasteiger partial charge is 0.508 e. The number of rotatable bonds is 4. The third kappa shape index (κ3) is 3.12. The predicted octanol–water partition coefficient (Wildman–Crippen LogP) is 2.74.